The van der Waals surface area contributed by atoms with Gasteiger partial charge in [-0.25, -0.2) is 17.9 Å². The number of aromatic carboxylic acids is 1. The number of halogens is 1. The van der Waals surface area contributed by atoms with Crippen LogP contribution in [0.5, 0.6) is 0 Å². The molecule has 1 atom stereocenters. The predicted molar refractivity (Wildman–Crippen MR) is 80.4 cm³/mol. The molecule has 0 aromatic heterocycles. The van der Waals surface area contributed by atoms with Crippen molar-refractivity contribution in [1.82, 2.24) is 4.72 Å². The number of sulfonamides is 1. The number of nitrogens with one attached hydrogen (secondary N) is 1. The van der Waals surface area contributed by atoms with Gasteiger partial charge in [-0.3, -0.25) is 0 Å². The average molecular weight is 364 g/mol. The van der Waals surface area contributed by atoms with Crippen LogP contribution >= 0.6 is 15.9 Å². The van der Waals surface area contributed by atoms with Gasteiger partial charge in [0.05, 0.1) is 10.5 Å². The van der Waals surface area contributed by atoms with E-state index < -0.39 is 16.0 Å². The van der Waals surface area contributed by atoms with Crippen molar-refractivity contribution in [3.63, 3.8) is 0 Å². The summed E-state index contributed by atoms with van der Waals surface area (Å²) in [5.74, 6) is -1.16. The van der Waals surface area contributed by atoms with E-state index in [1.165, 1.54) is 12.1 Å². The summed E-state index contributed by atoms with van der Waals surface area (Å²) in [5, 5.41) is 8.93. The molecule has 0 amide bonds. The second-order valence-corrected chi connectivity index (χ2v) is 7.15. The molecule has 0 radical (unpaired) electrons. The molecule has 5 nitrogen and oxygen atoms in total. The second kappa shape index (κ2) is 7.19. The quantitative estimate of drug-likeness (QED) is 0.779. The molecular weight excluding hydrogens is 346 g/mol. The summed E-state index contributed by atoms with van der Waals surface area (Å²) >= 11 is 3.15. The summed E-state index contributed by atoms with van der Waals surface area (Å²) in [4.78, 5) is 10.9. The highest BCUT2D eigenvalue weighted by Gasteiger charge is 2.21. The maximum Gasteiger partial charge on any atom is 0.335 e. The van der Waals surface area contributed by atoms with E-state index in [9.17, 15) is 13.2 Å². The van der Waals surface area contributed by atoms with Crippen LogP contribution < -0.4 is 4.72 Å². The molecule has 20 heavy (non-hydrogen) atoms. The molecule has 0 saturated heterocycles. The van der Waals surface area contributed by atoms with Crippen LogP contribution in [0.3, 0.4) is 0 Å². The molecule has 0 heterocycles. The lowest BCUT2D eigenvalue weighted by atomic mass is 10.2. The van der Waals surface area contributed by atoms with E-state index in [4.69, 9.17) is 5.11 Å². The molecule has 0 bridgehead atoms. The molecule has 2 N–H and O–H groups in total. The molecule has 1 aromatic carbocycles. The van der Waals surface area contributed by atoms with E-state index in [1.54, 1.807) is 6.92 Å². The Morgan fingerprint density at radius 1 is 1.45 bits per heavy atom. The van der Waals surface area contributed by atoms with Gasteiger partial charge in [0.1, 0.15) is 0 Å². The van der Waals surface area contributed by atoms with Crippen LogP contribution in [0.25, 0.3) is 0 Å². The zero-order valence-corrected chi connectivity index (χ0v) is 13.8. The van der Waals surface area contributed by atoms with Crippen molar-refractivity contribution in [2.75, 3.05) is 0 Å². The lowest BCUT2D eigenvalue weighted by molar-refractivity contribution is 0.0696. The Morgan fingerprint density at radius 3 is 2.65 bits per heavy atom. The van der Waals surface area contributed by atoms with Crippen molar-refractivity contribution in [3.05, 3.63) is 28.2 Å². The normalized spacial score (nSPS) is 13.2. The molecule has 0 fully saturated rings. The third-order valence-corrected chi connectivity index (χ3v) is 5.40. The van der Waals surface area contributed by atoms with Crippen molar-refractivity contribution >= 4 is 31.9 Å². The molecule has 1 unspecified atom stereocenters. The SMILES string of the molecule is CCCCC(C)NS(=O)(=O)c1cc(C(=O)O)ccc1Br. The summed E-state index contributed by atoms with van der Waals surface area (Å²) < 4.78 is 27.4. The number of unbranched alkanes of at least 4 members (excludes halogenated alkanes) is 1. The van der Waals surface area contributed by atoms with Crippen molar-refractivity contribution in [3.8, 4) is 0 Å². The van der Waals surface area contributed by atoms with E-state index in [0.717, 1.165) is 25.3 Å². The van der Waals surface area contributed by atoms with Crippen LogP contribution in [-0.2, 0) is 10.0 Å². The van der Waals surface area contributed by atoms with Crippen molar-refractivity contribution in [2.24, 2.45) is 0 Å². The van der Waals surface area contributed by atoms with E-state index in [2.05, 4.69) is 20.7 Å². The first-order chi connectivity index (χ1) is 9.27. The number of rotatable bonds is 7. The van der Waals surface area contributed by atoms with Gasteiger partial charge in [-0.1, -0.05) is 19.8 Å². The van der Waals surface area contributed by atoms with E-state index in [0.29, 0.717) is 4.47 Å². The number of hydrogen-bond acceptors (Lipinski definition) is 3. The number of carboxylic acid groups (broad SMARTS) is 1. The molecule has 112 valence electrons. The summed E-state index contributed by atoms with van der Waals surface area (Å²) in [6.45, 7) is 3.83. The minimum Gasteiger partial charge on any atom is -0.478 e. The first-order valence-corrected chi connectivity index (χ1v) is 8.60. The topological polar surface area (TPSA) is 83.5 Å². The molecule has 0 saturated carbocycles. The fourth-order valence-corrected chi connectivity index (χ4v) is 4.01. The van der Waals surface area contributed by atoms with Gasteiger partial charge < -0.3 is 5.11 Å². The number of benzene rings is 1. The highest BCUT2D eigenvalue weighted by atomic mass is 79.9. The van der Waals surface area contributed by atoms with Crippen LogP contribution in [0.2, 0.25) is 0 Å². The third-order valence-electron chi connectivity index (χ3n) is 2.81. The van der Waals surface area contributed by atoms with Crippen LogP contribution in [0.15, 0.2) is 27.6 Å². The lowest BCUT2D eigenvalue weighted by Crippen LogP contribution is -2.32. The highest BCUT2D eigenvalue weighted by Crippen LogP contribution is 2.23. The van der Waals surface area contributed by atoms with Crippen LogP contribution in [-0.4, -0.2) is 25.5 Å². The maximum absolute atomic E-state index is 12.3. The molecule has 1 rings (SSSR count). The number of carbonyl (C=O) groups is 1. The van der Waals surface area contributed by atoms with Crippen LogP contribution in [0, 0.1) is 0 Å². The first kappa shape index (κ1) is 17.1. The largest absolute Gasteiger partial charge is 0.478 e. The third kappa shape index (κ3) is 4.57. The Balaban J connectivity index is 3.03. The Hall–Kier alpha value is -0.920. The fraction of sp³-hybridized carbons (Fsp3) is 0.462. The van der Waals surface area contributed by atoms with E-state index >= 15 is 0 Å². The molecule has 1 aromatic rings. The minimum absolute atomic E-state index is 0.0549. The molecule has 0 aliphatic carbocycles. The second-order valence-electron chi connectivity index (χ2n) is 4.61. The number of carboxylic acids is 1. The first-order valence-electron chi connectivity index (χ1n) is 6.33. The minimum atomic E-state index is -3.74. The molecular formula is C13H18BrNO4S. The standard InChI is InChI=1S/C13H18BrNO4S/c1-3-4-5-9(2)15-20(18,19)12-8-10(13(16)17)6-7-11(12)14/h6-9,15H,3-5H2,1-2H3,(H,16,17). The van der Waals surface area contributed by atoms with Gasteiger partial charge in [-0.05, 0) is 47.5 Å². The number of hydrogen-bond donors (Lipinski definition) is 2. The van der Waals surface area contributed by atoms with Gasteiger partial charge in [0, 0.05) is 10.5 Å². The highest BCUT2D eigenvalue weighted by molar-refractivity contribution is 9.10. The Labute approximate surface area is 127 Å². The van der Waals surface area contributed by atoms with Gasteiger partial charge in [0.2, 0.25) is 10.0 Å². The molecule has 0 aliphatic heterocycles. The van der Waals surface area contributed by atoms with Crippen LogP contribution in [0.4, 0.5) is 0 Å². The van der Waals surface area contributed by atoms with Crippen molar-refractivity contribution < 1.29 is 18.3 Å². The van der Waals surface area contributed by atoms with Gasteiger partial charge in [-0.15, -0.1) is 0 Å². The van der Waals surface area contributed by atoms with Crippen molar-refractivity contribution in [1.29, 1.82) is 0 Å². The van der Waals surface area contributed by atoms with Gasteiger partial charge >= 0.3 is 5.97 Å². The monoisotopic (exact) mass is 363 g/mol. The maximum atomic E-state index is 12.3. The summed E-state index contributed by atoms with van der Waals surface area (Å²) in [7, 11) is -3.74. The molecule has 0 aliphatic rings. The van der Waals surface area contributed by atoms with Gasteiger partial charge in [-0.2, -0.15) is 0 Å². The Kier molecular flexibility index (Phi) is 6.16. The molecule has 0 spiro atoms. The molecule has 7 heteroatoms. The average Bonchev–Trinajstić information content (AvgIpc) is 2.35. The smallest absolute Gasteiger partial charge is 0.335 e. The van der Waals surface area contributed by atoms with Crippen molar-refractivity contribution in [2.45, 2.75) is 44.0 Å². The van der Waals surface area contributed by atoms with E-state index in [-0.39, 0.29) is 16.5 Å². The van der Waals surface area contributed by atoms with Gasteiger partial charge in [0.15, 0.2) is 0 Å². The zero-order valence-electron chi connectivity index (χ0n) is 11.4. The summed E-state index contributed by atoms with van der Waals surface area (Å²) in [6, 6.07) is 3.74. The summed E-state index contributed by atoms with van der Waals surface area (Å²) in [5.41, 5.74) is -0.0604. The zero-order chi connectivity index (χ0) is 15.3. The van der Waals surface area contributed by atoms with E-state index in [1.807, 2.05) is 6.92 Å². The summed E-state index contributed by atoms with van der Waals surface area (Å²) in [6.07, 6.45) is 2.66. The van der Waals surface area contributed by atoms with Gasteiger partial charge in [0.25, 0.3) is 0 Å². The van der Waals surface area contributed by atoms with Crippen LogP contribution in [0.1, 0.15) is 43.5 Å². The fourth-order valence-electron chi connectivity index (χ4n) is 1.74. The lowest BCUT2D eigenvalue weighted by Gasteiger charge is -2.15. The predicted octanol–water partition coefficient (Wildman–Crippen LogP) is 3.00. The Morgan fingerprint density at radius 2 is 2.10 bits per heavy atom. The Bertz CT molecular complexity index is 586.